The van der Waals surface area contributed by atoms with E-state index in [2.05, 4.69) is 10.3 Å². The third-order valence-electron chi connectivity index (χ3n) is 2.33. The molecule has 5 heteroatoms. The number of pyridine rings is 1. The Morgan fingerprint density at radius 3 is 2.44 bits per heavy atom. The lowest BCUT2D eigenvalue weighted by molar-refractivity contribution is -0.115. The lowest BCUT2D eigenvalue weighted by atomic mass is 10.1. The van der Waals surface area contributed by atoms with Crippen molar-refractivity contribution in [3.63, 3.8) is 0 Å². The van der Waals surface area contributed by atoms with Gasteiger partial charge in [0.25, 0.3) is 0 Å². The first-order chi connectivity index (χ1) is 8.66. The van der Waals surface area contributed by atoms with Crippen LogP contribution in [0.2, 0.25) is 10.0 Å². The number of halogens is 2. The average Bonchev–Trinajstić information content (AvgIpc) is 2.35. The van der Waals surface area contributed by atoms with E-state index in [-0.39, 0.29) is 12.3 Å². The molecule has 0 aliphatic carbocycles. The second kappa shape index (κ2) is 5.85. The molecule has 18 heavy (non-hydrogen) atoms. The molecule has 2 aromatic rings. The molecule has 0 aliphatic rings. The summed E-state index contributed by atoms with van der Waals surface area (Å²) < 4.78 is 0. The van der Waals surface area contributed by atoms with E-state index in [1.165, 1.54) is 0 Å². The number of rotatable bonds is 3. The minimum atomic E-state index is -0.205. The van der Waals surface area contributed by atoms with Crippen molar-refractivity contribution in [1.82, 2.24) is 4.98 Å². The fraction of sp³-hybridized carbons (Fsp3) is 0.0769. The molecule has 0 spiro atoms. The Labute approximate surface area is 115 Å². The van der Waals surface area contributed by atoms with Gasteiger partial charge >= 0.3 is 0 Å². The van der Waals surface area contributed by atoms with Crippen molar-refractivity contribution in [2.24, 2.45) is 0 Å². The molecule has 0 saturated heterocycles. The molecule has 0 bridgehead atoms. The molecule has 3 nitrogen and oxygen atoms in total. The third kappa shape index (κ3) is 3.22. The Morgan fingerprint density at radius 2 is 1.83 bits per heavy atom. The van der Waals surface area contributed by atoms with Crippen LogP contribution in [0.3, 0.4) is 0 Å². The molecule has 0 aliphatic heterocycles. The molecule has 0 atom stereocenters. The molecule has 2 rings (SSSR count). The summed E-state index contributed by atoms with van der Waals surface area (Å²) in [5.41, 5.74) is 0.620. The Morgan fingerprint density at radius 1 is 1.11 bits per heavy atom. The molecule has 92 valence electrons. The first-order valence-corrected chi connectivity index (χ1v) is 6.06. The maximum Gasteiger partial charge on any atom is 0.230 e. The van der Waals surface area contributed by atoms with Gasteiger partial charge in [-0.1, -0.05) is 35.3 Å². The largest absolute Gasteiger partial charge is 0.310 e. The van der Waals surface area contributed by atoms with Gasteiger partial charge in [-0.2, -0.15) is 0 Å². The summed E-state index contributed by atoms with van der Waals surface area (Å²) in [6.45, 7) is 0. The summed E-state index contributed by atoms with van der Waals surface area (Å²) in [4.78, 5) is 15.8. The van der Waals surface area contributed by atoms with Crippen LogP contribution in [0.4, 0.5) is 5.82 Å². The molecule has 0 radical (unpaired) electrons. The van der Waals surface area contributed by atoms with Gasteiger partial charge in [0.15, 0.2) is 0 Å². The van der Waals surface area contributed by atoms with Gasteiger partial charge in [-0.3, -0.25) is 4.79 Å². The Kier molecular flexibility index (Phi) is 4.18. The summed E-state index contributed by atoms with van der Waals surface area (Å²) in [6, 6.07) is 10.4. The smallest absolute Gasteiger partial charge is 0.230 e. The third-order valence-corrected chi connectivity index (χ3v) is 3.04. The van der Waals surface area contributed by atoms with Crippen LogP contribution in [0, 0.1) is 0 Å². The minimum Gasteiger partial charge on any atom is -0.310 e. The van der Waals surface area contributed by atoms with Gasteiger partial charge in [0.2, 0.25) is 5.91 Å². The van der Waals surface area contributed by atoms with E-state index in [9.17, 15) is 4.79 Å². The van der Waals surface area contributed by atoms with Crippen LogP contribution >= 0.6 is 23.2 Å². The summed E-state index contributed by atoms with van der Waals surface area (Å²) >= 11 is 12.0. The van der Waals surface area contributed by atoms with Crippen LogP contribution in [0.25, 0.3) is 0 Å². The van der Waals surface area contributed by atoms with E-state index in [1.54, 1.807) is 42.6 Å². The van der Waals surface area contributed by atoms with E-state index in [0.29, 0.717) is 21.4 Å². The average molecular weight is 281 g/mol. The van der Waals surface area contributed by atoms with Gasteiger partial charge in [-0.15, -0.1) is 0 Å². The Balaban J connectivity index is 2.08. The zero-order valence-corrected chi connectivity index (χ0v) is 10.9. The highest BCUT2D eigenvalue weighted by Crippen LogP contribution is 2.24. The standard InChI is InChI=1S/C13H10Cl2N2O/c14-10-4-3-5-11(15)9(10)8-13(18)17-12-6-1-2-7-16-12/h1-7H,8H2,(H,16,17,18). The van der Waals surface area contributed by atoms with Crippen molar-refractivity contribution in [3.8, 4) is 0 Å². The molecule has 0 saturated carbocycles. The van der Waals surface area contributed by atoms with Crippen LogP contribution in [-0.2, 0) is 11.2 Å². The number of anilines is 1. The van der Waals surface area contributed by atoms with Crippen LogP contribution < -0.4 is 5.32 Å². The van der Waals surface area contributed by atoms with Crippen molar-refractivity contribution < 1.29 is 4.79 Å². The number of amides is 1. The minimum absolute atomic E-state index is 0.120. The number of benzene rings is 1. The van der Waals surface area contributed by atoms with Crippen LogP contribution in [0.15, 0.2) is 42.6 Å². The van der Waals surface area contributed by atoms with E-state index in [4.69, 9.17) is 23.2 Å². The van der Waals surface area contributed by atoms with E-state index in [0.717, 1.165) is 0 Å². The molecule has 1 amide bonds. The number of nitrogens with zero attached hydrogens (tertiary/aromatic N) is 1. The quantitative estimate of drug-likeness (QED) is 0.934. The second-order valence-electron chi connectivity index (χ2n) is 3.64. The van der Waals surface area contributed by atoms with Gasteiger partial charge in [-0.25, -0.2) is 4.98 Å². The summed E-state index contributed by atoms with van der Waals surface area (Å²) in [6.07, 6.45) is 1.73. The van der Waals surface area contributed by atoms with Crippen molar-refractivity contribution in [2.75, 3.05) is 5.32 Å². The zero-order chi connectivity index (χ0) is 13.0. The molecular weight excluding hydrogens is 271 g/mol. The number of hydrogen-bond donors (Lipinski definition) is 1. The maximum absolute atomic E-state index is 11.8. The fourth-order valence-electron chi connectivity index (χ4n) is 1.49. The van der Waals surface area contributed by atoms with E-state index >= 15 is 0 Å². The van der Waals surface area contributed by atoms with Gasteiger partial charge < -0.3 is 5.32 Å². The zero-order valence-electron chi connectivity index (χ0n) is 9.36. The summed E-state index contributed by atoms with van der Waals surface area (Å²) in [5.74, 6) is 0.300. The van der Waals surface area contributed by atoms with E-state index in [1.807, 2.05) is 0 Å². The second-order valence-corrected chi connectivity index (χ2v) is 4.45. The van der Waals surface area contributed by atoms with Gasteiger partial charge in [0, 0.05) is 16.2 Å². The SMILES string of the molecule is O=C(Cc1c(Cl)cccc1Cl)Nc1ccccn1. The number of carbonyl (C=O) groups is 1. The molecule has 1 aromatic heterocycles. The topological polar surface area (TPSA) is 42.0 Å². The lowest BCUT2D eigenvalue weighted by Crippen LogP contribution is -2.15. The fourth-order valence-corrected chi connectivity index (χ4v) is 2.02. The first-order valence-electron chi connectivity index (χ1n) is 5.30. The van der Waals surface area contributed by atoms with E-state index < -0.39 is 0 Å². The van der Waals surface area contributed by atoms with Crippen molar-refractivity contribution in [3.05, 3.63) is 58.2 Å². The van der Waals surface area contributed by atoms with Crippen molar-refractivity contribution in [1.29, 1.82) is 0 Å². The highest BCUT2D eigenvalue weighted by Gasteiger charge is 2.11. The molecule has 0 unspecified atom stereocenters. The summed E-state index contributed by atoms with van der Waals surface area (Å²) in [7, 11) is 0. The number of nitrogens with one attached hydrogen (secondary N) is 1. The number of aromatic nitrogens is 1. The Hall–Kier alpha value is -1.58. The monoisotopic (exact) mass is 280 g/mol. The highest BCUT2D eigenvalue weighted by atomic mass is 35.5. The summed E-state index contributed by atoms with van der Waals surface area (Å²) in [5, 5.41) is 3.65. The first kappa shape index (κ1) is 12.9. The van der Waals surface area contributed by atoms with Crippen molar-refractivity contribution in [2.45, 2.75) is 6.42 Å². The maximum atomic E-state index is 11.8. The molecular formula is C13H10Cl2N2O. The molecule has 0 fully saturated rings. The lowest BCUT2D eigenvalue weighted by Gasteiger charge is -2.07. The molecule has 1 N–H and O–H groups in total. The van der Waals surface area contributed by atoms with Gasteiger partial charge in [0.05, 0.1) is 6.42 Å². The molecule has 1 aromatic carbocycles. The normalized spacial score (nSPS) is 10.1. The molecule has 1 heterocycles. The van der Waals surface area contributed by atoms with Crippen molar-refractivity contribution >= 4 is 34.9 Å². The predicted molar refractivity (Wildman–Crippen MR) is 73.0 cm³/mol. The predicted octanol–water partition coefficient (Wildman–Crippen LogP) is 3.57. The van der Waals surface area contributed by atoms with Crippen LogP contribution in [0.5, 0.6) is 0 Å². The number of hydrogen-bond acceptors (Lipinski definition) is 2. The van der Waals surface area contributed by atoms with Crippen LogP contribution in [-0.4, -0.2) is 10.9 Å². The highest BCUT2D eigenvalue weighted by molar-refractivity contribution is 6.36. The Bertz CT molecular complexity index is 538. The number of carbonyl (C=O) groups excluding carboxylic acids is 1. The van der Waals surface area contributed by atoms with Crippen LogP contribution in [0.1, 0.15) is 5.56 Å². The van der Waals surface area contributed by atoms with Gasteiger partial charge in [-0.05, 0) is 29.8 Å². The van der Waals surface area contributed by atoms with Gasteiger partial charge in [0.1, 0.15) is 5.82 Å².